The highest BCUT2D eigenvalue weighted by Gasteiger charge is 2.37. The van der Waals surface area contributed by atoms with Crippen LogP contribution in [-0.4, -0.2) is 43.8 Å². The van der Waals surface area contributed by atoms with Gasteiger partial charge in [0.1, 0.15) is 5.69 Å². The Hall–Kier alpha value is -3.24. The van der Waals surface area contributed by atoms with Crippen molar-refractivity contribution in [1.82, 2.24) is 24.8 Å². The van der Waals surface area contributed by atoms with E-state index < -0.39 is 17.7 Å². The number of aryl methyl sites for hydroxylation is 2. The fourth-order valence-corrected chi connectivity index (χ4v) is 3.73. The molecule has 0 saturated carbocycles. The van der Waals surface area contributed by atoms with Crippen molar-refractivity contribution in [2.24, 2.45) is 7.05 Å². The van der Waals surface area contributed by atoms with E-state index in [0.717, 1.165) is 10.7 Å². The van der Waals surface area contributed by atoms with Gasteiger partial charge in [-0.1, -0.05) is 5.16 Å². The van der Waals surface area contributed by atoms with Gasteiger partial charge in [0.25, 0.3) is 17.2 Å². The molecule has 0 unspecified atom stereocenters. The van der Waals surface area contributed by atoms with Crippen molar-refractivity contribution >= 4 is 17.0 Å². The quantitative estimate of drug-likeness (QED) is 0.632. The normalized spacial score (nSPS) is 17.5. The molecule has 8 nitrogen and oxygen atoms in total. The zero-order chi connectivity index (χ0) is 21.6. The minimum absolute atomic E-state index is 0.100. The van der Waals surface area contributed by atoms with Crippen LogP contribution in [0.3, 0.4) is 0 Å². The third-order valence-electron chi connectivity index (χ3n) is 5.25. The number of nitrogens with zero attached hydrogens (tertiary/aromatic N) is 5. The van der Waals surface area contributed by atoms with Crippen LogP contribution >= 0.6 is 0 Å². The van der Waals surface area contributed by atoms with Crippen LogP contribution in [0.4, 0.5) is 13.2 Å². The van der Waals surface area contributed by atoms with E-state index in [-0.39, 0.29) is 46.2 Å². The molecule has 1 fully saturated rings. The maximum Gasteiger partial charge on any atom is 0.417 e. The second-order valence-corrected chi connectivity index (χ2v) is 7.31. The number of rotatable bonds is 2. The number of halogens is 3. The molecule has 3 aromatic rings. The molecule has 0 radical (unpaired) electrons. The molecule has 0 N–H and O–H groups in total. The van der Waals surface area contributed by atoms with Crippen molar-refractivity contribution in [2.45, 2.75) is 31.9 Å². The second-order valence-electron chi connectivity index (χ2n) is 7.31. The molecule has 4 rings (SSSR count). The Balaban J connectivity index is 1.66. The minimum Gasteiger partial charge on any atom is -0.337 e. The van der Waals surface area contributed by atoms with E-state index in [4.69, 9.17) is 4.52 Å². The molecule has 0 aromatic carbocycles. The highest BCUT2D eigenvalue weighted by atomic mass is 19.4. The van der Waals surface area contributed by atoms with E-state index in [2.05, 4.69) is 15.2 Å². The molecule has 11 heteroatoms. The van der Waals surface area contributed by atoms with E-state index in [1.807, 2.05) is 0 Å². The average molecular weight is 421 g/mol. The van der Waals surface area contributed by atoms with E-state index in [1.165, 1.54) is 31.0 Å². The molecule has 30 heavy (non-hydrogen) atoms. The predicted octanol–water partition coefficient (Wildman–Crippen LogP) is 2.66. The highest BCUT2D eigenvalue weighted by molar-refractivity contribution is 5.92. The number of aromatic nitrogens is 4. The molecule has 1 saturated heterocycles. The monoisotopic (exact) mass is 421 g/mol. The van der Waals surface area contributed by atoms with Gasteiger partial charge in [-0.15, -0.1) is 0 Å². The lowest BCUT2D eigenvalue weighted by Crippen LogP contribution is -2.40. The number of hydrogen-bond acceptors (Lipinski definition) is 6. The molecule has 4 heterocycles. The molecule has 3 aromatic heterocycles. The van der Waals surface area contributed by atoms with Crippen molar-refractivity contribution in [3.05, 3.63) is 51.2 Å². The molecule has 1 aliphatic heterocycles. The Morgan fingerprint density at radius 1 is 1.30 bits per heavy atom. The zero-order valence-electron chi connectivity index (χ0n) is 16.2. The number of alkyl halides is 3. The smallest absolute Gasteiger partial charge is 0.337 e. The summed E-state index contributed by atoms with van der Waals surface area (Å²) in [7, 11) is 1.44. The molecule has 1 aliphatic rings. The summed E-state index contributed by atoms with van der Waals surface area (Å²) in [6.45, 7) is 2.06. The van der Waals surface area contributed by atoms with Gasteiger partial charge in [-0.2, -0.15) is 18.3 Å². The van der Waals surface area contributed by atoms with Crippen molar-refractivity contribution in [3.63, 3.8) is 0 Å². The van der Waals surface area contributed by atoms with Gasteiger partial charge in [0.2, 0.25) is 0 Å². The molecular weight excluding hydrogens is 403 g/mol. The van der Waals surface area contributed by atoms with Crippen LogP contribution < -0.4 is 5.56 Å². The largest absolute Gasteiger partial charge is 0.417 e. The van der Waals surface area contributed by atoms with Crippen LogP contribution in [0, 0.1) is 6.92 Å². The zero-order valence-corrected chi connectivity index (χ0v) is 16.2. The van der Waals surface area contributed by atoms with Gasteiger partial charge in [-0.25, -0.2) is 9.67 Å². The van der Waals surface area contributed by atoms with Crippen molar-refractivity contribution in [3.8, 4) is 0 Å². The summed E-state index contributed by atoms with van der Waals surface area (Å²) in [5, 5.41) is 7.43. The first kappa shape index (κ1) is 20.0. The molecule has 0 aliphatic carbocycles. The Bertz CT molecular complexity index is 1180. The van der Waals surface area contributed by atoms with Gasteiger partial charge in [0, 0.05) is 32.1 Å². The standard InChI is InChI=1S/C19H18F3N5O3/c1-10-16-12(19(20,21)22)8-14(23-17(16)30-25-10)11-4-3-7-27(9-11)18(29)13-5-6-15(28)26(2)24-13/h5-6,8,11H,3-4,7,9H2,1-2H3/t11-/m0/s1. The summed E-state index contributed by atoms with van der Waals surface area (Å²) in [4.78, 5) is 30.1. The molecule has 158 valence electrons. The summed E-state index contributed by atoms with van der Waals surface area (Å²) in [6, 6.07) is 3.62. The topological polar surface area (TPSA) is 94.1 Å². The number of hydrogen-bond donors (Lipinski definition) is 0. The Kier molecular flexibility index (Phi) is 4.83. The molecular formula is C19H18F3N5O3. The van der Waals surface area contributed by atoms with Gasteiger partial charge in [0.15, 0.2) is 0 Å². The van der Waals surface area contributed by atoms with E-state index in [9.17, 15) is 22.8 Å². The van der Waals surface area contributed by atoms with Crippen molar-refractivity contribution < 1.29 is 22.5 Å². The fraction of sp³-hybridized carbons (Fsp3) is 0.421. The summed E-state index contributed by atoms with van der Waals surface area (Å²) in [5.41, 5.74) is -0.926. The molecule has 0 bridgehead atoms. The maximum atomic E-state index is 13.6. The summed E-state index contributed by atoms with van der Waals surface area (Å²) in [6.07, 6.45) is -3.42. The van der Waals surface area contributed by atoms with Crippen LogP contribution in [0.1, 0.15) is 46.2 Å². The highest BCUT2D eigenvalue weighted by Crippen LogP contribution is 2.38. The van der Waals surface area contributed by atoms with Crippen molar-refractivity contribution in [2.75, 3.05) is 13.1 Å². The molecule has 0 spiro atoms. The lowest BCUT2D eigenvalue weighted by molar-refractivity contribution is -0.136. The Morgan fingerprint density at radius 3 is 2.77 bits per heavy atom. The van der Waals surface area contributed by atoms with Gasteiger partial charge in [-0.05, 0) is 31.9 Å². The lowest BCUT2D eigenvalue weighted by Gasteiger charge is -2.32. The number of amides is 1. The minimum atomic E-state index is -4.59. The van der Waals surface area contributed by atoms with E-state index in [1.54, 1.807) is 0 Å². The number of pyridine rings is 1. The van der Waals surface area contributed by atoms with Crippen LogP contribution in [0.15, 0.2) is 27.5 Å². The van der Waals surface area contributed by atoms with Gasteiger partial charge >= 0.3 is 6.18 Å². The molecule has 1 amide bonds. The lowest BCUT2D eigenvalue weighted by atomic mass is 9.92. The third-order valence-corrected chi connectivity index (χ3v) is 5.25. The van der Waals surface area contributed by atoms with Crippen LogP contribution in [-0.2, 0) is 13.2 Å². The van der Waals surface area contributed by atoms with Crippen molar-refractivity contribution in [1.29, 1.82) is 0 Å². The third kappa shape index (κ3) is 3.55. The first-order chi connectivity index (χ1) is 14.1. The summed E-state index contributed by atoms with van der Waals surface area (Å²) >= 11 is 0. The fourth-order valence-electron chi connectivity index (χ4n) is 3.73. The van der Waals surface area contributed by atoms with Gasteiger partial charge < -0.3 is 9.42 Å². The number of carbonyl (C=O) groups is 1. The van der Waals surface area contributed by atoms with E-state index >= 15 is 0 Å². The Morgan fingerprint density at radius 2 is 2.07 bits per heavy atom. The van der Waals surface area contributed by atoms with Crippen LogP contribution in [0.2, 0.25) is 0 Å². The predicted molar refractivity (Wildman–Crippen MR) is 98.9 cm³/mol. The number of fused-ring (bicyclic) bond motifs is 1. The van der Waals surface area contributed by atoms with E-state index in [0.29, 0.717) is 19.4 Å². The average Bonchev–Trinajstić information content (AvgIpc) is 3.09. The van der Waals surface area contributed by atoms with Crippen LogP contribution in [0.5, 0.6) is 0 Å². The number of likely N-dealkylation sites (tertiary alicyclic amines) is 1. The van der Waals surface area contributed by atoms with Crippen LogP contribution in [0.25, 0.3) is 11.1 Å². The first-order valence-corrected chi connectivity index (χ1v) is 9.33. The summed E-state index contributed by atoms with van der Waals surface area (Å²) < 4.78 is 46.9. The van der Waals surface area contributed by atoms with Gasteiger partial charge in [0.05, 0.1) is 22.3 Å². The first-order valence-electron chi connectivity index (χ1n) is 9.33. The molecule has 1 atom stereocenters. The number of carbonyl (C=O) groups excluding carboxylic acids is 1. The SMILES string of the molecule is Cc1noc2nc([C@H]3CCCN(C(=O)c4ccc(=O)n(C)n4)C3)cc(C(F)(F)F)c12. The maximum absolute atomic E-state index is 13.6. The second kappa shape index (κ2) is 7.22. The summed E-state index contributed by atoms with van der Waals surface area (Å²) in [5.74, 6) is -0.783. The van der Waals surface area contributed by atoms with Gasteiger partial charge in [-0.3, -0.25) is 9.59 Å². The Labute approximate surface area is 168 Å². The number of piperidine rings is 1.